The highest BCUT2D eigenvalue weighted by Gasteiger charge is 2.39. The van der Waals surface area contributed by atoms with Gasteiger partial charge in [0.15, 0.2) is 0 Å². The van der Waals surface area contributed by atoms with E-state index in [0.29, 0.717) is 0 Å². The molecular formula is C9H4F3NO2. The van der Waals surface area contributed by atoms with Crippen LogP contribution in [0.5, 0.6) is 0 Å². The van der Waals surface area contributed by atoms with Gasteiger partial charge >= 0.3 is 6.18 Å². The minimum Gasteiger partial charge on any atom is -0.284 e. The molecule has 0 aliphatic rings. The molecule has 1 rings (SSSR count). The average Bonchev–Trinajstić information content (AvgIpc) is 2.17. The van der Waals surface area contributed by atoms with Gasteiger partial charge in [0.25, 0.3) is 5.78 Å². The Morgan fingerprint density at radius 2 is 1.73 bits per heavy atom. The molecule has 0 saturated heterocycles. The number of ketones is 1. The van der Waals surface area contributed by atoms with Crippen LogP contribution >= 0.6 is 0 Å². The second-order valence-electron chi connectivity index (χ2n) is 2.58. The molecule has 0 spiro atoms. The lowest BCUT2D eigenvalue weighted by Crippen LogP contribution is -2.22. The Hall–Kier alpha value is -1.94. The molecule has 0 bridgehead atoms. The van der Waals surface area contributed by atoms with Crippen molar-refractivity contribution < 1.29 is 22.8 Å². The summed E-state index contributed by atoms with van der Waals surface area (Å²) in [5.41, 5.74) is -0.351. The Labute approximate surface area is 82.2 Å². The zero-order chi connectivity index (χ0) is 11.5. The first kappa shape index (κ1) is 11.1. The first-order chi connectivity index (χ1) is 6.95. The number of isocyanates is 1. The molecule has 78 valence electrons. The van der Waals surface area contributed by atoms with Crippen molar-refractivity contribution in [2.45, 2.75) is 6.18 Å². The van der Waals surface area contributed by atoms with Gasteiger partial charge in [0.05, 0.1) is 5.69 Å². The highest BCUT2D eigenvalue weighted by Crippen LogP contribution is 2.22. The van der Waals surface area contributed by atoms with E-state index in [-0.39, 0.29) is 5.69 Å². The number of carbonyl (C=O) groups is 1. The summed E-state index contributed by atoms with van der Waals surface area (Å²) in [7, 11) is 0. The molecule has 0 atom stereocenters. The number of Topliss-reactive ketones (excluding diaryl/α,β-unsaturated/α-hetero) is 1. The van der Waals surface area contributed by atoms with Crippen molar-refractivity contribution in [3.8, 4) is 0 Å². The van der Waals surface area contributed by atoms with E-state index in [1.165, 1.54) is 6.08 Å². The van der Waals surface area contributed by atoms with E-state index in [2.05, 4.69) is 4.99 Å². The van der Waals surface area contributed by atoms with E-state index in [4.69, 9.17) is 0 Å². The number of aliphatic imine (C=N–C) groups is 1. The molecule has 0 aliphatic carbocycles. The lowest BCUT2D eigenvalue weighted by atomic mass is 10.1. The summed E-state index contributed by atoms with van der Waals surface area (Å²) in [5, 5.41) is 0. The van der Waals surface area contributed by atoms with Crippen LogP contribution in [0.25, 0.3) is 0 Å². The lowest BCUT2D eigenvalue weighted by molar-refractivity contribution is -0.0885. The molecule has 0 amide bonds. The fraction of sp³-hybridized carbons (Fsp3) is 0.111. The average molecular weight is 215 g/mol. The summed E-state index contributed by atoms with van der Waals surface area (Å²) in [6, 6.07) is 4.16. The van der Waals surface area contributed by atoms with E-state index in [1.807, 2.05) is 0 Å². The topological polar surface area (TPSA) is 46.5 Å². The van der Waals surface area contributed by atoms with Gasteiger partial charge < -0.3 is 0 Å². The van der Waals surface area contributed by atoms with Crippen LogP contribution < -0.4 is 0 Å². The van der Waals surface area contributed by atoms with Crippen molar-refractivity contribution >= 4 is 17.6 Å². The molecular weight excluding hydrogens is 211 g/mol. The Bertz CT molecular complexity index is 416. The number of rotatable bonds is 2. The third-order valence-electron chi connectivity index (χ3n) is 1.56. The van der Waals surface area contributed by atoms with E-state index in [0.717, 1.165) is 24.3 Å². The lowest BCUT2D eigenvalue weighted by Gasteiger charge is -2.04. The van der Waals surface area contributed by atoms with E-state index in [9.17, 15) is 22.8 Å². The largest absolute Gasteiger partial charge is 0.454 e. The highest BCUT2D eigenvalue weighted by molar-refractivity contribution is 6.00. The van der Waals surface area contributed by atoms with Gasteiger partial charge in [0.2, 0.25) is 6.08 Å². The van der Waals surface area contributed by atoms with Crippen molar-refractivity contribution in [1.29, 1.82) is 0 Å². The van der Waals surface area contributed by atoms with Crippen molar-refractivity contribution in [2.75, 3.05) is 0 Å². The number of hydrogen-bond acceptors (Lipinski definition) is 3. The molecule has 0 fully saturated rings. The monoisotopic (exact) mass is 215 g/mol. The fourth-order valence-electron chi connectivity index (χ4n) is 0.904. The van der Waals surface area contributed by atoms with Gasteiger partial charge in [-0.15, -0.1) is 0 Å². The SMILES string of the molecule is O=C=Nc1ccc(C(=O)C(F)(F)F)cc1. The molecule has 0 radical (unpaired) electrons. The molecule has 0 aromatic heterocycles. The van der Waals surface area contributed by atoms with Gasteiger partial charge in [-0.25, -0.2) is 4.79 Å². The molecule has 0 N–H and O–H groups in total. The van der Waals surface area contributed by atoms with Crippen LogP contribution in [0.3, 0.4) is 0 Å². The summed E-state index contributed by atoms with van der Waals surface area (Å²) in [6.07, 6.45) is -3.66. The van der Waals surface area contributed by atoms with Crippen molar-refractivity contribution in [3.63, 3.8) is 0 Å². The number of carbonyl (C=O) groups excluding carboxylic acids is 2. The van der Waals surface area contributed by atoms with Gasteiger partial charge in [-0.3, -0.25) is 4.79 Å². The number of alkyl halides is 3. The van der Waals surface area contributed by atoms with Crippen molar-refractivity contribution in [1.82, 2.24) is 0 Å². The predicted octanol–water partition coefficient (Wildman–Crippen LogP) is 2.40. The van der Waals surface area contributed by atoms with Gasteiger partial charge in [-0.05, 0) is 24.3 Å². The van der Waals surface area contributed by atoms with Crippen LogP contribution in [-0.4, -0.2) is 18.0 Å². The predicted molar refractivity (Wildman–Crippen MR) is 44.6 cm³/mol. The Morgan fingerprint density at radius 3 is 2.13 bits per heavy atom. The quantitative estimate of drug-likeness (QED) is 0.432. The second-order valence-corrected chi connectivity index (χ2v) is 2.58. The maximum Gasteiger partial charge on any atom is 0.454 e. The van der Waals surface area contributed by atoms with Crippen LogP contribution in [0.1, 0.15) is 10.4 Å². The van der Waals surface area contributed by atoms with Crippen LogP contribution in [-0.2, 0) is 4.79 Å². The van der Waals surface area contributed by atoms with Crippen molar-refractivity contribution in [3.05, 3.63) is 29.8 Å². The number of benzene rings is 1. The number of hydrogen-bond donors (Lipinski definition) is 0. The zero-order valence-corrected chi connectivity index (χ0v) is 7.21. The Morgan fingerprint density at radius 1 is 1.20 bits per heavy atom. The maximum atomic E-state index is 11.9. The molecule has 15 heavy (non-hydrogen) atoms. The van der Waals surface area contributed by atoms with Crippen LogP contribution in [0, 0.1) is 0 Å². The second kappa shape index (κ2) is 4.06. The van der Waals surface area contributed by atoms with Gasteiger partial charge in [-0.2, -0.15) is 18.2 Å². The van der Waals surface area contributed by atoms with Gasteiger partial charge in [0.1, 0.15) is 0 Å². The Kier molecular flexibility index (Phi) is 3.01. The number of nitrogens with zero attached hydrogens (tertiary/aromatic N) is 1. The first-order valence-corrected chi connectivity index (χ1v) is 3.74. The molecule has 0 unspecified atom stereocenters. The molecule has 1 aromatic rings. The summed E-state index contributed by atoms with van der Waals surface area (Å²) in [6.45, 7) is 0. The minimum absolute atomic E-state index is 0.142. The standard InChI is InChI=1S/C9H4F3NO2/c10-9(11,12)8(15)6-1-3-7(4-2-6)13-5-14/h1-4H. The zero-order valence-electron chi connectivity index (χ0n) is 7.21. The smallest absolute Gasteiger partial charge is 0.284 e. The van der Waals surface area contributed by atoms with E-state index >= 15 is 0 Å². The molecule has 3 nitrogen and oxygen atoms in total. The summed E-state index contributed by atoms with van der Waals surface area (Å²) >= 11 is 0. The van der Waals surface area contributed by atoms with E-state index in [1.54, 1.807) is 0 Å². The normalized spacial score (nSPS) is 10.6. The minimum atomic E-state index is -4.89. The third-order valence-corrected chi connectivity index (χ3v) is 1.56. The first-order valence-electron chi connectivity index (χ1n) is 3.74. The van der Waals surface area contributed by atoms with Crippen LogP contribution in [0.2, 0.25) is 0 Å². The molecule has 0 aliphatic heterocycles. The highest BCUT2D eigenvalue weighted by atomic mass is 19.4. The molecule has 6 heteroatoms. The van der Waals surface area contributed by atoms with Gasteiger partial charge in [0, 0.05) is 5.56 Å². The third kappa shape index (κ3) is 2.75. The molecule has 1 aromatic carbocycles. The Balaban J connectivity index is 2.99. The fourth-order valence-corrected chi connectivity index (χ4v) is 0.904. The molecule has 0 saturated carbocycles. The molecule has 0 heterocycles. The summed E-state index contributed by atoms with van der Waals surface area (Å²) in [5.74, 6) is -1.93. The number of halogens is 3. The maximum absolute atomic E-state index is 11.9. The summed E-state index contributed by atoms with van der Waals surface area (Å²) < 4.78 is 35.8. The van der Waals surface area contributed by atoms with E-state index < -0.39 is 17.5 Å². The van der Waals surface area contributed by atoms with Crippen molar-refractivity contribution in [2.24, 2.45) is 4.99 Å². The van der Waals surface area contributed by atoms with Crippen LogP contribution in [0.15, 0.2) is 29.3 Å². The van der Waals surface area contributed by atoms with Gasteiger partial charge in [-0.1, -0.05) is 0 Å². The van der Waals surface area contributed by atoms with Crippen LogP contribution in [0.4, 0.5) is 18.9 Å². The summed E-state index contributed by atoms with van der Waals surface area (Å²) in [4.78, 5) is 23.7.